The summed E-state index contributed by atoms with van der Waals surface area (Å²) in [7, 11) is 0. The van der Waals surface area contributed by atoms with Crippen LogP contribution < -0.4 is 14.8 Å². The first-order chi connectivity index (χ1) is 16.8. The Morgan fingerprint density at radius 1 is 0.706 bits per heavy atom. The summed E-state index contributed by atoms with van der Waals surface area (Å²) in [6.45, 7) is 3.51. The van der Waals surface area contributed by atoms with E-state index in [2.05, 4.69) is 46.6 Å². The first-order valence-electron chi connectivity index (χ1n) is 12.3. The third kappa shape index (κ3) is 7.49. The summed E-state index contributed by atoms with van der Waals surface area (Å²) in [5.41, 5.74) is 3.41. The Balaban J connectivity index is 1.10. The molecule has 0 atom stereocenters. The summed E-state index contributed by atoms with van der Waals surface area (Å²) in [5.74, 6) is 1.80. The van der Waals surface area contributed by atoms with Crippen molar-refractivity contribution in [2.45, 2.75) is 38.5 Å². The molecule has 0 aromatic heterocycles. The van der Waals surface area contributed by atoms with Crippen LogP contribution in [0.25, 0.3) is 11.1 Å². The second kappa shape index (κ2) is 13.0. The number of likely N-dealkylation sites (tertiary alicyclic amines) is 1. The minimum atomic E-state index is 0.700. The molecule has 34 heavy (non-hydrogen) atoms. The molecule has 1 heterocycles. The molecule has 4 rings (SSSR count). The molecular weight excluding hydrogens is 440 g/mol. The minimum absolute atomic E-state index is 0.700. The summed E-state index contributed by atoms with van der Waals surface area (Å²) < 4.78 is 11.9. The Kier molecular flexibility index (Phi) is 9.21. The summed E-state index contributed by atoms with van der Waals surface area (Å²) in [6.07, 6.45) is 6.82. The normalized spacial score (nSPS) is 13.4. The van der Waals surface area contributed by atoms with Gasteiger partial charge in [0.25, 0.3) is 0 Å². The summed E-state index contributed by atoms with van der Waals surface area (Å²) in [4.78, 5) is 2.26. The fourth-order valence-electron chi connectivity index (χ4n) is 4.10. The van der Waals surface area contributed by atoms with E-state index in [-0.39, 0.29) is 0 Å². The number of nitrogens with zero attached hydrogens (tertiary/aromatic N) is 1. The summed E-state index contributed by atoms with van der Waals surface area (Å²) in [6, 6.07) is 26.8. The topological polar surface area (TPSA) is 33.7 Å². The Morgan fingerprint density at radius 3 is 2.12 bits per heavy atom. The predicted octanol–water partition coefficient (Wildman–Crippen LogP) is 7.16. The molecule has 0 amide bonds. The number of unbranched alkanes of at least 4 members (excludes halogenated alkanes) is 2. The number of ether oxygens (including phenoxy) is 2. The molecule has 3 aromatic rings. The molecule has 0 unspecified atom stereocenters. The van der Waals surface area contributed by atoms with Crippen molar-refractivity contribution in [3.8, 4) is 22.6 Å². The van der Waals surface area contributed by atoms with Crippen molar-refractivity contribution >= 4 is 23.0 Å². The highest BCUT2D eigenvalue weighted by atomic mass is 32.1. The molecule has 0 bridgehead atoms. The highest BCUT2D eigenvalue weighted by Gasteiger charge is 2.13. The van der Waals surface area contributed by atoms with E-state index in [1.165, 1.54) is 30.4 Å². The van der Waals surface area contributed by atoms with Crippen LogP contribution in [0.5, 0.6) is 11.5 Å². The van der Waals surface area contributed by atoms with Crippen LogP contribution >= 0.6 is 12.2 Å². The fraction of sp³-hybridized carbons (Fsp3) is 0.345. The number of piperidine rings is 1. The second-order valence-corrected chi connectivity index (χ2v) is 9.04. The molecule has 1 N–H and O–H groups in total. The van der Waals surface area contributed by atoms with Crippen LogP contribution in [0.15, 0.2) is 78.9 Å². The van der Waals surface area contributed by atoms with Crippen LogP contribution in [0.2, 0.25) is 0 Å². The van der Waals surface area contributed by atoms with Gasteiger partial charge in [0.1, 0.15) is 11.5 Å². The van der Waals surface area contributed by atoms with E-state index in [0.717, 1.165) is 61.3 Å². The van der Waals surface area contributed by atoms with Gasteiger partial charge in [-0.25, -0.2) is 0 Å². The third-order valence-corrected chi connectivity index (χ3v) is 6.38. The van der Waals surface area contributed by atoms with Gasteiger partial charge in [0, 0.05) is 24.8 Å². The van der Waals surface area contributed by atoms with Crippen molar-refractivity contribution in [2.24, 2.45) is 0 Å². The average Bonchev–Trinajstić information content (AvgIpc) is 2.90. The largest absolute Gasteiger partial charge is 0.494 e. The van der Waals surface area contributed by atoms with Gasteiger partial charge in [-0.15, -0.1) is 0 Å². The van der Waals surface area contributed by atoms with Gasteiger partial charge in [0.15, 0.2) is 5.11 Å². The number of thiocarbonyl (C=S) groups is 1. The molecule has 1 saturated heterocycles. The number of benzene rings is 3. The van der Waals surface area contributed by atoms with Gasteiger partial charge in [-0.1, -0.05) is 48.5 Å². The molecule has 1 aliphatic rings. The highest BCUT2D eigenvalue weighted by Crippen LogP contribution is 2.22. The van der Waals surface area contributed by atoms with Crippen molar-refractivity contribution in [2.75, 3.05) is 31.6 Å². The van der Waals surface area contributed by atoms with Crippen molar-refractivity contribution in [1.82, 2.24) is 4.90 Å². The lowest BCUT2D eigenvalue weighted by Crippen LogP contribution is -2.38. The second-order valence-electron chi connectivity index (χ2n) is 8.65. The molecule has 0 saturated carbocycles. The molecule has 0 radical (unpaired) electrons. The van der Waals surface area contributed by atoms with Crippen molar-refractivity contribution < 1.29 is 9.47 Å². The minimum Gasteiger partial charge on any atom is -0.494 e. The number of hydrogen-bond acceptors (Lipinski definition) is 3. The van der Waals surface area contributed by atoms with Gasteiger partial charge in [-0.2, -0.15) is 0 Å². The smallest absolute Gasteiger partial charge is 0.173 e. The molecule has 178 valence electrons. The van der Waals surface area contributed by atoms with E-state index in [9.17, 15) is 0 Å². The van der Waals surface area contributed by atoms with Crippen LogP contribution in [0.4, 0.5) is 5.69 Å². The maximum absolute atomic E-state index is 5.96. The Hall–Kier alpha value is -3.05. The molecule has 4 nitrogen and oxygen atoms in total. The molecule has 1 fully saturated rings. The van der Waals surface area contributed by atoms with E-state index in [1.807, 2.05) is 42.5 Å². The van der Waals surface area contributed by atoms with Crippen LogP contribution in [0.1, 0.15) is 38.5 Å². The van der Waals surface area contributed by atoms with Crippen LogP contribution in [-0.2, 0) is 0 Å². The van der Waals surface area contributed by atoms with Gasteiger partial charge in [0.2, 0.25) is 0 Å². The lowest BCUT2D eigenvalue weighted by atomic mass is 10.1. The number of hydrogen-bond donors (Lipinski definition) is 1. The molecule has 5 heteroatoms. The zero-order chi connectivity index (χ0) is 23.4. The van der Waals surface area contributed by atoms with E-state index < -0.39 is 0 Å². The first kappa shape index (κ1) is 24.1. The zero-order valence-electron chi connectivity index (χ0n) is 19.7. The zero-order valence-corrected chi connectivity index (χ0v) is 20.6. The predicted molar refractivity (Wildman–Crippen MR) is 145 cm³/mol. The standard InChI is InChI=1S/C29H34N2O2S/c34-29(31-19-6-2-7-20-31)30-26-13-10-14-28(23-26)33-22-9-3-8-21-32-27-17-15-25(16-18-27)24-11-4-1-5-12-24/h1,4-5,10-18,23H,2-3,6-9,19-22H2,(H,30,34). The van der Waals surface area contributed by atoms with Crippen LogP contribution in [-0.4, -0.2) is 36.3 Å². The maximum atomic E-state index is 5.96. The van der Waals surface area contributed by atoms with Gasteiger partial charge >= 0.3 is 0 Å². The third-order valence-electron chi connectivity index (χ3n) is 6.02. The first-order valence-corrected chi connectivity index (χ1v) is 12.8. The summed E-state index contributed by atoms with van der Waals surface area (Å²) >= 11 is 5.57. The lowest BCUT2D eigenvalue weighted by Gasteiger charge is -2.29. The fourth-order valence-corrected chi connectivity index (χ4v) is 4.40. The quantitative estimate of drug-likeness (QED) is 0.249. The lowest BCUT2D eigenvalue weighted by molar-refractivity contribution is 0.279. The number of nitrogens with one attached hydrogen (secondary N) is 1. The van der Waals surface area contributed by atoms with Crippen molar-refractivity contribution in [3.63, 3.8) is 0 Å². The molecule has 0 spiro atoms. The van der Waals surface area contributed by atoms with Crippen molar-refractivity contribution in [3.05, 3.63) is 78.9 Å². The van der Waals surface area contributed by atoms with Gasteiger partial charge in [-0.3, -0.25) is 0 Å². The molecule has 1 aliphatic heterocycles. The number of anilines is 1. The molecule has 3 aromatic carbocycles. The van der Waals surface area contributed by atoms with Crippen molar-refractivity contribution in [1.29, 1.82) is 0 Å². The van der Waals surface area contributed by atoms with Crippen LogP contribution in [0.3, 0.4) is 0 Å². The number of rotatable bonds is 10. The molecular formula is C29H34N2O2S. The van der Waals surface area contributed by atoms with Crippen LogP contribution in [0, 0.1) is 0 Å². The molecule has 0 aliphatic carbocycles. The van der Waals surface area contributed by atoms with E-state index in [1.54, 1.807) is 0 Å². The monoisotopic (exact) mass is 474 g/mol. The highest BCUT2D eigenvalue weighted by molar-refractivity contribution is 7.80. The van der Waals surface area contributed by atoms with Gasteiger partial charge in [0.05, 0.1) is 13.2 Å². The van der Waals surface area contributed by atoms with E-state index in [4.69, 9.17) is 21.7 Å². The van der Waals surface area contributed by atoms with E-state index in [0.29, 0.717) is 6.61 Å². The van der Waals surface area contributed by atoms with Gasteiger partial charge < -0.3 is 19.7 Å². The Bertz CT molecular complexity index is 1020. The van der Waals surface area contributed by atoms with E-state index >= 15 is 0 Å². The maximum Gasteiger partial charge on any atom is 0.173 e. The van der Waals surface area contributed by atoms with Gasteiger partial charge in [-0.05, 0) is 86.1 Å². The summed E-state index contributed by atoms with van der Waals surface area (Å²) in [5, 5.41) is 4.17. The Labute approximate surface area is 208 Å². The SMILES string of the molecule is S=C(Nc1cccc(OCCCCCOc2ccc(-c3ccccc3)cc2)c1)N1CCCCC1. The Morgan fingerprint density at radius 2 is 1.38 bits per heavy atom. The average molecular weight is 475 g/mol.